The zero-order valence-electron chi connectivity index (χ0n) is 12.9. The molecule has 0 unspecified atom stereocenters. The maximum absolute atomic E-state index is 13.5. The van der Waals surface area contributed by atoms with Crippen LogP contribution >= 0.6 is 0 Å². The number of nitrogens with zero attached hydrogens (tertiary/aromatic N) is 1. The third-order valence-electron chi connectivity index (χ3n) is 2.89. The molecule has 0 radical (unpaired) electrons. The fraction of sp³-hybridized carbons (Fsp3) is 0.467. The molecule has 0 spiro atoms. The van der Waals surface area contributed by atoms with E-state index in [2.05, 4.69) is 20.9 Å². The molecule has 0 aromatic heterocycles. The molecule has 1 aromatic rings. The number of nitrogens with one attached hydrogen (secondary N) is 3. The second-order valence-electron chi connectivity index (χ2n) is 4.69. The van der Waals surface area contributed by atoms with Crippen LogP contribution in [0.2, 0.25) is 0 Å². The summed E-state index contributed by atoms with van der Waals surface area (Å²) in [5.41, 5.74) is 0.212. The van der Waals surface area contributed by atoms with E-state index < -0.39 is 11.6 Å². The first-order valence-electron chi connectivity index (χ1n) is 7.22. The first-order chi connectivity index (χ1) is 10.6. The fourth-order valence-corrected chi connectivity index (χ4v) is 1.73. The van der Waals surface area contributed by atoms with Gasteiger partial charge in [0.05, 0.1) is 0 Å². The van der Waals surface area contributed by atoms with Crippen molar-refractivity contribution >= 4 is 11.9 Å². The number of amides is 1. The maximum Gasteiger partial charge on any atom is 0.221 e. The molecule has 1 amide bonds. The van der Waals surface area contributed by atoms with Crippen molar-refractivity contribution < 1.29 is 13.6 Å². The van der Waals surface area contributed by atoms with Gasteiger partial charge in [0.15, 0.2) is 5.96 Å². The zero-order chi connectivity index (χ0) is 16.4. The number of aliphatic imine (C=N–C) groups is 1. The molecule has 3 N–H and O–H groups in total. The average Bonchev–Trinajstić information content (AvgIpc) is 2.51. The topological polar surface area (TPSA) is 65.5 Å². The van der Waals surface area contributed by atoms with E-state index in [1.807, 2.05) is 6.92 Å². The SMILES string of the molecule is CCCNC(=O)CCNC(=NC)NCc1cc(F)ccc1F. The summed E-state index contributed by atoms with van der Waals surface area (Å²) in [5.74, 6) is -0.593. The molecular weight excluding hydrogens is 290 g/mol. The Kier molecular flexibility index (Phi) is 7.88. The molecule has 7 heteroatoms. The molecule has 0 aliphatic rings. The fourth-order valence-electron chi connectivity index (χ4n) is 1.73. The number of guanidine groups is 1. The second kappa shape index (κ2) is 9.70. The minimum atomic E-state index is -0.492. The van der Waals surface area contributed by atoms with Gasteiger partial charge in [0.1, 0.15) is 11.6 Å². The Bertz CT molecular complexity index is 520. The van der Waals surface area contributed by atoms with E-state index in [4.69, 9.17) is 0 Å². The Morgan fingerprint density at radius 2 is 1.95 bits per heavy atom. The molecule has 122 valence electrons. The molecule has 0 aliphatic heterocycles. The number of rotatable bonds is 7. The van der Waals surface area contributed by atoms with Crippen LogP contribution in [0.3, 0.4) is 0 Å². The van der Waals surface area contributed by atoms with E-state index in [-0.39, 0.29) is 18.0 Å². The predicted molar refractivity (Wildman–Crippen MR) is 82.5 cm³/mol. The van der Waals surface area contributed by atoms with E-state index in [1.54, 1.807) is 7.05 Å². The summed E-state index contributed by atoms with van der Waals surface area (Å²) in [6.45, 7) is 3.15. The van der Waals surface area contributed by atoms with Crippen molar-refractivity contribution in [1.29, 1.82) is 0 Å². The van der Waals surface area contributed by atoms with Crippen LogP contribution in [0.25, 0.3) is 0 Å². The summed E-state index contributed by atoms with van der Waals surface area (Å²) in [5, 5.41) is 8.58. The van der Waals surface area contributed by atoms with Gasteiger partial charge in [-0.1, -0.05) is 6.92 Å². The van der Waals surface area contributed by atoms with Gasteiger partial charge in [-0.2, -0.15) is 0 Å². The molecule has 0 bridgehead atoms. The zero-order valence-corrected chi connectivity index (χ0v) is 12.9. The third-order valence-corrected chi connectivity index (χ3v) is 2.89. The van der Waals surface area contributed by atoms with Crippen molar-refractivity contribution in [3.05, 3.63) is 35.4 Å². The smallest absolute Gasteiger partial charge is 0.221 e. The van der Waals surface area contributed by atoms with Crippen molar-refractivity contribution in [2.75, 3.05) is 20.1 Å². The Morgan fingerprint density at radius 1 is 1.18 bits per heavy atom. The molecule has 0 fully saturated rings. The van der Waals surface area contributed by atoms with Gasteiger partial charge >= 0.3 is 0 Å². The van der Waals surface area contributed by atoms with Crippen LogP contribution in [-0.2, 0) is 11.3 Å². The first-order valence-corrected chi connectivity index (χ1v) is 7.22. The number of carbonyl (C=O) groups is 1. The molecule has 0 heterocycles. The van der Waals surface area contributed by atoms with Crippen molar-refractivity contribution in [2.24, 2.45) is 4.99 Å². The third kappa shape index (κ3) is 6.51. The van der Waals surface area contributed by atoms with Gasteiger partial charge in [0, 0.05) is 38.7 Å². The number of hydrogen-bond acceptors (Lipinski definition) is 2. The van der Waals surface area contributed by atoms with Crippen LogP contribution in [0.15, 0.2) is 23.2 Å². The lowest BCUT2D eigenvalue weighted by Crippen LogP contribution is -2.39. The van der Waals surface area contributed by atoms with Gasteiger partial charge in [-0.15, -0.1) is 0 Å². The highest BCUT2D eigenvalue weighted by atomic mass is 19.1. The molecule has 0 atom stereocenters. The van der Waals surface area contributed by atoms with Crippen LogP contribution in [0.4, 0.5) is 8.78 Å². The quantitative estimate of drug-likeness (QED) is 0.529. The van der Waals surface area contributed by atoms with Crippen molar-refractivity contribution in [2.45, 2.75) is 26.3 Å². The Balaban J connectivity index is 2.37. The summed E-state index contributed by atoms with van der Waals surface area (Å²) in [7, 11) is 1.56. The molecule has 5 nitrogen and oxygen atoms in total. The summed E-state index contributed by atoms with van der Waals surface area (Å²) in [6.07, 6.45) is 1.20. The normalized spacial score (nSPS) is 11.2. The Hall–Kier alpha value is -2.18. The van der Waals surface area contributed by atoms with Crippen LogP contribution in [0, 0.1) is 11.6 Å². The minimum absolute atomic E-state index is 0.0408. The van der Waals surface area contributed by atoms with E-state index in [0.717, 1.165) is 24.6 Å². The molecule has 1 rings (SSSR count). The largest absolute Gasteiger partial charge is 0.356 e. The summed E-state index contributed by atoms with van der Waals surface area (Å²) in [6, 6.07) is 3.29. The van der Waals surface area contributed by atoms with Gasteiger partial charge in [-0.3, -0.25) is 9.79 Å². The molecule has 0 saturated heterocycles. The molecule has 0 saturated carbocycles. The van der Waals surface area contributed by atoms with Crippen molar-refractivity contribution in [1.82, 2.24) is 16.0 Å². The average molecular weight is 312 g/mol. The summed E-state index contributed by atoms with van der Waals surface area (Å²) >= 11 is 0. The lowest BCUT2D eigenvalue weighted by Gasteiger charge is -2.12. The Labute approximate surface area is 129 Å². The minimum Gasteiger partial charge on any atom is -0.356 e. The summed E-state index contributed by atoms with van der Waals surface area (Å²) in [4.78, 5) is 15.4. The van der Waals surface area contributed by atoms with E-state index in [0.29, 0.717) is 25.5 Å². The van der Waals surface area contributed by atoms with Crippen LogP contribution in [-0.4, -0.2) is 32.0 Å². The van der Waals surface area contributed by atoms with Gasteiger partial charge in [-0.25, -0.2) is 8.78 Å². The van der Waals surface area contributed by atoms with Crippen molar-refractivity contribution in [3.8, 4) is 0 Å². The molecule has 0 aliphatic carbocycles. The van der Waals surface area contributed by atoms with Gasteiger partial charge in [0.25, 0.3) is 0 Å². The highest BCUT2D eigenvalue weighted by Crippen LogP contribution is 2.08. The first kappa shape index (κ1) is 17.9. The van der Waals surface area contributed by atoms with E-state index >= 15 is 0 Å². The maximum atomic E-state index is 13.5. The number of halogens is 2. The van der Waals surface area contributed by atoms with Crippen LogP contribution in [0.1, 0.15) is 25.3 Å². The van der Waals surface area contributed by atoms with Crippen LogP contribution in [0.5, 0.6) is 0 Å². The van der Waals surface area contributed by atoms with E-state index in [1.165, 1.54) is 0 Å². The number of carbonyl (C=O) groups excluding carboxylic acids is 1. The molecule has 1 aromatic carbocycles. The van der Waals surface area contributed by atoms with Gasteiger partial charge < -0.3 is 16.0 Å². The van der Waals surface area contributed by atoms with Gasteiger partial charge in [0.2, 0.25) is 5.91 Å². The number of hydrogen-bond donors (Lipinski definition) is 3. The number of benzene rings is 1. The van der Waals surface area contributed by atoms with Crippen molar-refractivity contribution in [3.63, 3.8) is 0 Å². The highest BCUT2D eigenvalue weighted by Gasteiger charge is 2.06. The second-order valence-corrected chi connectivity index (χ2v) is 4.69. The highest BCUT2D eigenvalue weighted by molar-refractivity contribution is 5.81. The molecular formula is C15H22F2N4O. The Morgan fingerprint density at radius 3 is 2.64 bits per heavy atom. The standard InChI is InChI=1S/C15H22F2N4O/c1-3-7-19-14(22)6-8-20-15(18-2)21-10-11-9-12(16)4-5-13(11)17/h4-5,9H,3,6-8,10H2,1-2H3,(H,19,22)(H2,18,20,21). The van der Waals surface area contributed by atoms with Gasteiger partial charge in [-0.05, 0) is 24.6 Å². The lowest BCUT2D eigenvalue weighted by molar-refractivity contribution is -0.120. The lowest BCUT2D eigenvalue weighted by atomic mass is 10.2. The van der Waals surface area contributed by atoms with E-state index in [9.17, 15) is 13.6 Å². The molecule has 22 heavy (non-hydrogen) atoms. The predicted octanol–water partition coefficient (Wildman–Crippen LogP) is 1.55. The van der Waals surface area contributed by atoms with Crippen LogP contribution < -0.4 is 16.0 Å². The monoisotopic (exact) mass is 312 g/mol. The summed E-state index contributed by atoms with van der Waals surface area (Å²) < 4.78 is 26.5.